The number of rotatable bonds is 4. The predicted octanol–water partition coefficient (Wildman–Crippen LogP) is 3.47. The van der Waals surface area contributed by atoms with E-state index in [0.29, 0.717) is 41.2 Å². The van der Waals surface area contributed by atoms with Gasteiger partial charge < -0.3 is 19.8 Å². The summed E-state index contributed by atoms with van der Waals surface area (Å²) in [6.45, 7) is 1.68. The van der Waals surface area contributed by atoms with Gasteiger partial charge in [0.25, 0.3) is 0 Å². The molecule has 1 aromatic heterocycles. The highest BCUT2D eigenvalue weighted by Crippen LogP contribution is 2.28. The van der Waals surface area contributed by atoms with E-state index < -0.39 is 0 Å². The highest BCUT2D eigenvalue weighted by atomic mass is 35.5. The molecule has 0 saturated carbocycles. The third-order valence-corrected chi connectivity index (χ3v) is 4.49. The van der Waals surface area contributed by atoms with E-state index in [2.05, 4.69) is 10.6 Å². The highest BCUT2D eigenvalue weighted by molar-refractivity contribution is 7.80. The fourth-order valence-electron chi connectivity index (χ4n) is 2.66. The lowest BCUT2D eigenvalue weighted by molar-refractivity contribution is 0.135. The number of hydrogen-bond acceptors (Lipinski definition) is 4. The Morgan fingerprint density at radius 2 is 2.15 bits per heavy atom. The highest BCUT2D eigenvalue weighted by Gasteiger charge is 2.29. The normalized spacial score (nSPS) is 13.6. The van der Waals surface area contributed by atoms with Gasteiger partial charge >= 0.3 is 6.03 Å². The number of methoxy groups -OCH3 is 1. The Hall–Kier alpha value is -2.45. The number of thiocarbonyl (C=S) groups is 1. The molecule has 0 aliphatic carbocycles. The molecule has 1 aliphatic heterocycles. The van der Waals surface area contributed by atoms with E-state index in [1.54, 1.807) is 34.5 Å². The van der Waals surface area contributed by atoms with Crippen LogP contribution in [0.2, 0.25) is 5.02 Å². The van der Waals surface area contributed by atoms with Crippen LogP contribution < -0.4 is 15.4 Å². The van der Waals surface area contributed by atoms with Crippen molar-refractivity contribution in [2.75, 3.05) is 25.5 Å². The van der Waals surface area contributed by atoms with E-state index in [9.17, 15) is 4.79 Å². The Kier molecular flexibility index (Phi) is 5.85. The Balaban J connectivity index is 1.64. The van der Waals surface area contributed by atoms with Crippen molar-refractivity contribution in [3.05, 3.63) is 47.4 Å². The Labute approximate surface area is 161 Å². The van der Waals surface area contributed by atoms with Crippen molar-refractivity contribution in [3.63, 3.8) is 0 Å². The van der Waals surface area contributed by atoms with Crippen molar-refractivity contribution < 1.29 is 13.9 Å². The maximum Gasteiger partial charge on any atom is 0.340 e. The Bertz CT molecular complexity index is 784. The quantitative estimate of drug-likeness (QED) is 0.774. The van der Waals surface area contributed by atoms with Gasteiger partial charge in [-0.05, 0) is 49.0 Å². The van der Waals surface area contributed by atoms with Crippen molar-refractivity contribution in [1.82, 2.24) is 15.3 Å². The van der Waals surface area contributed by atoms with E-state index in [4.69, 9.17) is 33.0 Å². The average molecular weight is 395 g/mol. The molecule has 2 heterocycles. The molecule has 2 N–H and O–H groups in total. The van der Waals surface area contributed by atoms with Gasteiger partial charge in [0.15, 0.2) is 5.11 Å². The van der Waals surface area contributed by atoms with Crippen molar-refractivity contribution in [3.8, 4) is 5.75 Å². The summed E-state index contributed by atoms with van der Waals surface area (Å²) in [7, 11) is 1.54. The number of carbonyl (C=O) groups excluding carboxylic acids is 1. The lowest BCUT2D eigenvalue weighted by atomic mass is 10.3. The molecule has 0 radical (unpaired) electrons. The first-order chi connectivity index (χ1) is 12.6. The summed E-state index contributed by atoms with van der Waals surface area (Å²) >= 11 is 11.4. The monoisotopic (exact) mass is 394 g/mol. The number of nitrogens with zero attached hydrogens (tertiary/aromatic N) is 2. The first-order valence-electron chi connectivity index (χ1n) is 8.08. The number of urea groups is 1. The van der Waals surface area contributed by atoms with E-state index in [-0.39, 0.29) is 6.03 Å². The van der Waals surface area contributed by atoms with E-state index in [1.807, 2.05) is 12.1 Å². The molecule has 0 bridgehead atoms. The van der Waals surface area contributed by atoms with Crippen LogP contribution in [0.4, 0.5) is 10.5 Å². The van der Waals surface area contributed by atoms with Crippen molar-refractivity contribution in [2.24, 2.45) is 0 Å². The second kappa shape index (κ2) is 8.29. The first kappa shape index (κ1) is 18.3. The van der Waals surface area contributed by atoms with Crippen LogP contribution in [-0.4, -0.2) is 41.4 Å². The Morgan fingerprint density at radius 3 is 2.88 bits per heavy atom. The molecular weight excluding hydrogens is 376 g/mol. The lowest BCUT2D eigenvalue weighted by Gasteiger charge is -2.30. The van der Waals surface area contributed by atoms with Crippen molar-refractivity contribution in [1.29, 1.82) is 0 Å². The van der Waals surface area contributed by atoms with Crippen LogP contribution in [0, 0.1) is 0 Å². The number of ether oxygens (including phenoxy) is 1. The first-order valence-corrected chi connectivity index (χ1v) is 8.87. The van der Waals surface area contributed by atoms with E-state index in [1.165, 1.54) is 7.11 Å². The number of amides is 2. The minimum Gasteiger partial charge on any atom is -0.495 e. The third kappa shape index (κ3) is 4.20. The largest absolute Gasteiger partial charge is 0.495 e. The second-order valence-electron chi connectivity index (χ2n) is 5.61. The van der Waals surface area contributed by atoms with Gasteiger partial charge in [0.2, 0.25) is 0 Å². The third-order valence-electron chi connectivity index (χ3n) is 3.90. The summed E-state index contributed by atoms with van der Waals surface area (Å²) in [6, 6.07) is 8.42. The molecule has 0 spiro atoms. The van der Waals surface area contributed by atoms with E-state index in [0.717, 1.165) is 12.2 Å². The number of hydrazine groups is 1. The van der Waals surface area contributed by atoms with Gasteiger partial charge in [-0.1, -0.05) is 11.6 Å². The molecular formula is C17H19ClN4O3S. The molecule has 1 saturated heterocycles. The molecule has 0 atom stereocenters. The summed E-state index contributed by atoms with van der Waals surface area (Å²) in [6.07, 6.45) is 2.43. The molecule has 0 unspecified atom stereocenters. The smallest absolute Gasteiger partial charge is 0.340 e. The van der Waals surface area contributed by atoms with Crippen LogP contribution in [-0.2, 0) is 6.54 Å². The molecule has 3 rings (SSSR count). The molecule has 1 aliphatic rings. The van der Waals surface area contributed by atoms with Crippen LogP contribution in [0.3, 0.4) is 0 Å². The van der Waals surface area contributed by atoms with Gasteiger partial charge in [0, 0.05) is 18.1 Å². The van der Waals surface area contributed by atoms with Gasteiger partial charge in [-0.25, -0.2) is 9.80 Å². The second-order valence-corrected chi connectivity index (χ2v) is 6.44. The van der Waals surface area contributed by atoms with Crippen molar-refractivity contribution >= 4 is 40.6 Å². The van der Waals surface area contributed by atoms with Crippen LogP contribution >= 0.6 is 23.8 Å². The minimum absolute atomic E-state index is 0.301. The average Bonchev–Trinajstić information content (AvgIpc) is 3.31. The zero-order chi connectivity index (χ0) is 18.5. The van der Waals surface area contributed by atoms with Gasteiger partial charge in [-0.2, -0.15) is 0 Å². The zero-order valence-corrected chi connectivity index (χ0v) is 15.8. The number of halogens is 1. The number of benzene rings is 1. The summed E-state index contributed by atoms with van der Waals surface area (Å²) in [5, 5.41) is 10.2. The van der Waals surface area contributed by atoms with E-state index >= 15 is 0 Å². The number of carbonyl (C=O) groups is 1. The van der Waals surface area contributed by atoms with Crippen molar-refractivity contribution in [2.45, 2.75) is 13.0 Å². The molecule has 1 aromatic carbocycles. The summed E-state index contributed by atoms with van der Waals surface area (Å²) < 4.78 is 10.5. The van der Waals surface area contributed by atoms with Gasteiger partial charge in [0.1, 0.15) is 11.5 Å². The zero-order valence-electron chi connectivity index (χ0n) is 14.2. The molecule has 9 heteroatoms. The van der Waals surface area contributed by atoms with Gasteiger partial charge in [-0.15, -0.1) is 0 Å². The summed E-state index contributed by atoms with van der Waals surface area (Å²) in [4.78, 5) is 12.7. The molecule has 2 aromatic rings. The molecule has 2 amide bonds. The molecule has 138 valence electrons. The molecule has 7 nitrogen and oxygen atoms in total. The topological polar surface area (TPSA) is 70.0 Å². The standard InChI is InChI=1S/C17H19ClN4O3S/c1-24-15-6-5-12(18)10-14(15)20-16(23)21-7-3-8-22(21)17(26)19-11-13-4-2-9-25-13/h2,4-6,9-10H,3,7-8,11H2,1H3,(H,19,26)(H,20,23). The molecule has 26 heavy (non-hydrogen) atoms. The van der Waals surface area contributed by atoms with Crippen LogP contribution in [0.1, 0.15) is 12.2 Å². The fourth-order valence-corrected chi connectivity index (χ4v) is 3.09. The Morgan fingerprint density at radius 1 is 1.35 bits per heavy atom. The van der Waals surface area contributed by atoms with Crippen LogP contribution in [0.25, 0.3) is 0 Å². The maximum absolute atomic E-state index is 12.7. The van der Waals surface area contributed by atoms with Crippen LogP contribution in [0.5, 0.6) is 5.75 Å². The number of hydrogen-bond donors (Lipinski definition) is 2. The molecule has 1 fully saturated rings. The SMILES string of the molecule is COc1ccc(Cl)cc1NC(=O)N1CCCN1C(=S)NCc1ccco1. The minimum atomic E-state index is -0.301. The fraction of sp³-hybridized carbons (Fsp3) is 0.294. The summed E-state index contributed by atoms with van der Waals surface area (Å²) in [5.41, 5.74) is 0.506. The van der Waals surface area contributed by atoms with Gasteiger partial charge in [-0.3, -0.25) is 5.01 Å². The number of furan rings is 1. The lowest BCUT2D eigenvalue weighted by Crippen LogP contribution is -2.50. The number of nitrogens with one attached hydrogen (secondary N) is 2. The predicted molar refractivity (Wildman–Crippen MR) is 103 cm³/mol. The maximum atomic E-state index is 12.7. The van der Waals surface area contributed by atoms with Gasteiger partial charge in [0.05, 0.1) is 25.6 Å². The number of anilines is 1. The van der Waals surface area contributed by atoms with Crippen LogP contribution in [0.15, 0.2) is 41.0 Å². The summed E-state index contributed by atoms with van der Waals surface area (Å²) in [5.74, 6) is 1.30.